The standard InChI is InChI=1S/C13H6Cl2F2N2S/c14-8-2-1-7(5-9(8)15)19-11-4-6(16)3-10(17)12(11)18-13(19)20/h1-5H,(H,18,20). The molecule has 7 heteroatoms. The maximum atomic E-state index is 13.7. The number of imidazole rings is 1. The first-order chi connectivity index (χ1) is 9.47. The minimum atomic E-state index is -0.704. The van der Waals surface area contributed by atoms with Crippen molar-refractivity contribution < 1.29 is 8.78 Å². The van der Waals surface area contributed by atoms with E-state index in [0.29, 0.717) is 21.2 Å². The van der Waals surface area contributed by atoms with Crippen LogP contribution >= 0.6 is 35.4 Å². The smallest absolute Gasteiger partial charge is 0.182 e. The largest absolute Gasteiger partial charge is 0.328 e. The molecule has 0 saturated heterocycles. The number of benzene rings is 2. The lowest BCUT2D eigenvalue weighted by Crippen LogP contribution is -1.94. The van der Waals surface area contributed by atoms with Crippen LogP contribution < -0.4 is 0 Å². The molecule has 0 saturated carbocycles. The molecule has 0 radical (unpaired) electrons. The van der Waals surface area contributed by atoms with Crippen LogP contribution in [-0.4, -0.2) is 9.55 Å². The molecule has 1 heterocycles. The molecule has 1 N–H and O–H groups in total. The van der Waals surface area contributed by atoms with Gasteiger partial charge in [0.1, 0.15) is 11.3 Å². The van der Waals surface area contributed by atoms with Crippen molar-refractivity contribution in [2.24, 2.45) is 0 Å². The third-order valence-corrected chi connectivity index (χ3v) is 3.90. The summed E-state index contributed by atoms with van der Waals surface area (Å²) in [5.74, 6) is -1.39. The van der Waals surface area contributed by atoms with Gasteiger partial charge in [0.25, 0.3) is 0 Å². The number of hydrogen-bond acceptors (Lipinski definition) is 1. The first-order valence-electron chi connectivity index (χ1n) is 5.52. The van der Waals surface area contributed by atoms with E-state index in [2.05, 4.69) is 4.98 Å². The van der Waals surface area contributed by atoms with E-state index < -0.39 is 11.6 Å². The van der Waals surface area contributed by atoms with Gasteiger partial charge in [-0.2, -0.15) is 0 Å². The molecule has 0 spiro atoms. The fraction of sp³-hybridized carbons (Fsp3) is 0. The number of aromatic amines is 1. The second-order valence-electron chi connectivity index (χ2n) is 4.15. The average Bonchev–Trinajstić information content (AvgIpc) is 2.70. The Labute approximate surface area is 127 Å². The zero-order valence-corrected chi connectivity index (χ0v) is 12.1. The molecule has 3 rings (SSSR count). The maximum absolute atomic E-state index is 13.7. The summed E-state index contributed by atoms with van der Waals surface area (Å²) in [5, 5.41) is 0.719. The summed E-state index contributed by atoms with van der Waals surface area (Å²) < 4.78 is 28.9. The van der Waals surface area contributed by atoms with Gasteiger partial charge in [0.2, 0.25) is 0 Å². The summed E-state index contributed by atoms with van der Waals surface area (Å²) in [6.07, 6.45) is 0. The van der Waals surface area contributed by atoms with Crippen LogP contribution in [0.5, 0.6) is 0 Å². The van der Waals surface area contributed by atoms with Crippen LogP contribution in [0.25, 0.3) is 16.7 Å². The third-order valence-electron chi connectivity index (χ3n) is 2.87. The summed E-state index contributed by atoms with van der Waals surface area (Å²) in [7, 11) is 0. The highest BCUT2D eigenvalue weighted by Crippen LogP contribution is 2.28. The maximum Gasteiger partial charge on any atom is 0.182 e. The number of nitrogens with one attached hydrogen (secondary N) is 1. The molecular formula is C13H6Cl2F2N2S. The highest BCUT2D eigenvalue weighted by atomic mass is 35.5. The second-order valence-corrected chi connectivity index (χ2v) is 5.35. The summed E-state index contributed by atoms with van der Waals surface area (Å²) >= 11 is 17.0. The van der Waals surface area contributed by atoms with Gasteiger partial charge in [-0.25, -0.2) is 8.78 Å². The summed E-state index contributed by atoms with van der Waals surface area (Å²) in [4.78, 5) is 2.72. The number of rotatable bonds is 1. The van der Waals surface area contributed by atoms with Crippen molar-refractivity contribution in [3.63, 3.8) is 0 Å². The fourth-order valence-electron chi connectivity index (χ4n) is 2.01. The molecule has 0 bridgehead atoms. The van der Waals surface area contributed by atoms with Crippen molar-refractivity contribution >= 4 is 46.5 Å². The Kier molecular flexibility index (Phi) is 3.28. The van der Waals surface area contributed by atoms with Crippen molar-refractivity contribution in [3.05, 3.63) is 56.8 Å². The van der Waals surface area contributed by atoms with Crippen LogP contribution in [0, 0.1) is 16.4 Å². The molecule has 0 unspecified atom stereocenters. The van der Waals surface area contributed by atoms with E-state index >= 15 is 0 Å². The average molecular weight is 331 g/mol. The molecule has 2 aromatic carbocycles. The normalized spacial score (nSPS) is 11.2. The van der Waals surface area contributed by atoms with Crippen molar-refractivity contribution in [2.45, 2.75) is 0 Å². The molecule has 0 aliphatic heterocycles. The molecule has 102 valence electrons. The molecule has 20 heavy (non-hydrogen) atoms. The molecule has 0 aliphatic rings. The SMILES string of the molecule is Fc1cc(F)c2[nH]c(=S)n(-c3ccc(Cl)c(Cl)c3)c2c1. The number of aromatic nitrogens is 2. The summed E-state index contributed by atoms with van der Waals surface area (Å²) in [5.41, 5.74) is 1.01. The van der Waals surface area contributed by atoms with E-state index in [9.17, 15) is 8.78 Å². The number of fused-ring (bicyclic) bond motifs is 1. The van der Waals surface area contributed by atoms with Crippen molar-refractivity contribution in [3.8, 4) is 5.69 Å². The minimum Gasteiger partial charge on any atom is -0.328 e. The Bertz CT molecular complexity index is 886. The molecule has 0 aliphatic carbocycles. The van der Waals surface area contributed by atoms with Gasteiger partial charge < -0.3 is 4.98 Å². The van der Waals surface area contributed by atoms with Gasteiger partial charge in [-0.05, 0) is 30.4 Å². The van der Waals surface area contributed by atoms with E-state index in [1.807, 2.05) is 0 Å². The van der Waals surface area contributed by atoms with Crippen molar-refractivity contribution in [1.29, 1.82) is 0 Å². The summed E-state index contributed by atoms with van der Waals surface area (Å²) in [6, 6.07) is 6.84. The van der Waals surface area contributed by atoms with Crippen LogP contribution in [0.1, 0.15) is 0 Å². The molecule has 0 amide bonds. The zero-order valence-electron chi connectivity index (χ0n) is 9.75. The third kappa shape index (κ3) is 2.12. The van der Waals surface area contributed by atoms with E-state index in [1.165, 1.54) is 10.6 Å². The lowest BCUT2D eigenvalue weighted by atomic mass is 10.2. The molecule has 2 nitrogen and oxygen atoms in total. The van der Waals surface area contributed by atoms with Gasteiger partial charge in [0.15, 0.2) is 10.6 Å². The lowest BCUT2D eigenvalue weighted by molar-refractivity contribution is 0.590. The van der Waals surface area contributed by atoms with E-state index in [4.69, 9.17) is 35.4 Å². The first-order valence-corrected chi connectivity index (χ1v) is 6.69. The van der Waals surface area contributed by atoms with Crippen LogP contribution in [0.2, 0.25) is 10.0 Å². The number of nitrogens with zero attached hydrogens (tertiary/aromatic N) is 1. The highest BCUT2D eigenvalue weighted by Gasteiger charge is 2.13. The monoisotopic (exact) mass is 330 g/mol. The Hall–Kier alpha value is -1.43. The van der Waals surface area contributed by atoms with Crippen LogP contribution in [0.4, 0.5) is 8.78 Å². The fourth-order valence-corrected chi connectivity index (χ4v) is 2.61. The van der Waals surface area contributed by atoms with Crippen molar-refractivity contribution in [2.75, 3.05) is 0 Å². The first kappa shape index (κ1) is 13.5. The Morgan fingerprint density at radius 2 is 1.80 bits per heavy atom. The van der Waals surface area contributed by atoms with E-state index in [0.717, 1.165) is 6.07 Å². The molecule has 0 atom stereocenters. The van der Waals surface area contributed by atoms with Crippen LogP contribution in [0.15, 0.2) is 30.3 Å². The molecule has 3 aromatic rings. The van der Waals surface area contributed by atoms with Crippen LogP contribution in [0.3, 0.4) is 0 Å². The topological polar surface area (TPSA) is 20.7 Å². The van der Waals surface area contributed by atoms with Gasteiger partial charge in [0.05, 0.1) is 21.2 Å². The zero-order chi connectivity index (χ0) is 14.4. The minimum absolute atomic E-state index is 0.141. The quantitative estimate of drug-likeness (QED) is 0.602. The van der Waals surface area contributed by atoms with Gasteiger partial charge in [-0.1, -0.05) is 23.2 Å². The molecule has 0 fully saturated rings. The predicted octanol–water partition coefficient (Wildman–Crippen LogP) is 5.27. The van der Waals surface area contributed by atoms with Gasteiger partial charge in [0, 0.05) is 12.1 Å². The van der Waals surface area contributed by atoms with E-state index in [-0.39, 0.29) is 10.3 Å². The van der Waals surface area contributed by atoms with Gasteiger partial charge in [-0.15, -0.1) is 0 Å². The van der Waals surface area contributed by atoms with E-state index in [1.54, 1.807) is 18.2 Å². The number of halogens is 4. The number of H-pyrrole nitrogens is 1. The molecule has 1 aromatic heterocycles. The second kappa shape index (κ2) is 4.84. The Morgan fingerprint density at radius 3 is 2.50 bits per heavy atom. The highest BCUT2D eigenvalue weighted by molar-refractivity contribution is 7.71. The Balaban J connectivity index is 2.38. The van der Waals surface area contributed by atoms with Crippen LogP contribution in [-0.2, 0) is 0 Å². The predicted molar refractivity (Wildman–Crippen MR) is 78.4 cm³/mol. The molecular weight excluding hydrogens is 325 g/mol. The van der Waals surface area contributed by atoms with Crippen molar-refractivity contribution in [1.82, 2.24) is 9.55 Å². The number of hydrogen-bond donors (Lipinski definition) is 1. The Morgan fingerprint density at radius 1 is 1.05 bits per heavy atom. The van der Waals surface area contributed by atoms with Gasteiger partial charge >= 0.3 is 0 Å². The lowest BCUT2D eigenvalue weighted by Gasteiger charge is -2.06. The van der Waals surface area contributed by atoms with Gasteiger partial charge in [-0.3, -0.25) is 4.57 Å². The summed E-state index contributed by atoms with van der Waals surface area (Å²) in [6.45, 7) is 0.